The second-order valence-corrected chi connectivity index (χ2v) is 5.68. The number of benzene rings is 1. The molecule has 7 heteroatoms. The maximum atomic E-state index is 5.81. The zero-order chi connectivity index (χ0) is 18.3. The van der Waals surface area contributed by atoms with E-state index < -0.39 is 0 Å². The number of rotatable bonds is 15. The smallest absolute Gasteiger partial charge is 0.144 e. The SMILES string of the molecule is COCCOCCOCCOCCNc1ccc(N)cc1OC(C)C. The van der Waals surface area contributed by atoms with Gasteiger partial charge in [-0.25, -0.2) is 0 Å². The van der Waals surface area contributed by atoms with Gasteiger partial charge in [-0.3, -0.25) is 0 Å². The van der Waals surface area contributed by atoms with E-state index in [0.29, 0.717) is 58.5 Å². The molecule has 0 radical (unpaired) electrons. The summed E-state index contributed by atoms with van der Waals surface area (Å²) in [6, 6.07) is 5.59. The second-order valence-electron chi connectivity index (χ2n) is 5.68. The van der Waals surface area contributed by atoms with Gasteiger partial charge in [0.2, 0.25) is 0 Å². The van der Waals surface area contributed by atoms with Crippen molar-refractivity contribution in [3.63, 3.8) is 0 Å². The average molecular weight is 356 g/mol. The molecular weight excluding hydrogens is 324 g/mol. The molecule has 0 amide bonds. The van der Waals surface area contributed by atoms with Gasteiger partial charge in [-0.1, -0.05) is 0 Å². The van der Waals surface area contributed by atoms with E-state index in [9.17, 15) is 0 Å². The molecule has 0 aliphatic rings. The van der Waals surface area contributed by atoms with E-state index in [2.05, 4.69) is 5.32 Å². The van der Waals surface area contributed by atoms with Gasteiger partial charge < -0.3 is 34.7 Å². The zero-order valence-electron chi connectivity index (χ0n) is 15.6. The molecule has 0 spiro atoms. The van der Waals surface area contributed by atoms with Crippen molar-refractivity contribution in [2.24, 2.45) is 0 Å². The number of hydrogen-bond donors (Lipinski definition) is 2. The number of nitrogens with one attached hydrogen (secondary N) is 1. The molecule has 0 saturated carbocycles. The molecule has 0 bridgehead atoms. The van der Waals surface area contributed by atoms with Crippen molar-refractivity contribution in [1.82, 2.24) is 0 Å². The highest BCUT2D eigenvalue weighted by Crippen LogP contribution is 2.27. The van der Waals surface area contributed by atoms with Crippen LogP contribution in [0.2, 0.25) is 0 Å². The highest BCUT2D eigenvalue weighted by atomic mass is 16.6. The molecule has 25 heavy (non-hydrogen) atoms. The predicted octanol–water partition coefficient (Wildman–Crippen LogP) is 2.16. The lowest BCUT2D eigenvalue weighted by Gasteiger charge is -2.16. The number of nitrogens with two attached hydrogens (primary N) is 1. The van der Waals surface area contributed by atoms with E-state index in [1.165, 1.54) is 0 Å². The summed E-state index contributed by atoms with van der Waals surface area (Å²) in [5, 5.41) is 3.30. The van der Waals surface area contributed by atoms with Crippen LogP contribution in [0.1, 0.15) is 13.8 Å². The van der Waals surface area contributed by atoms with Gasteiger partial charge in [-0.05, 0) is 26.0 Å². The van der Waals surface area contributed by atoms with Crippen molar-refractivity contribution in [3.05, 3.63) is 18.2 Å². The van der Waals surface area contributed by atoms with Gasteiger partial charge in [0, 0.05) is 25.4 Å². The van der Waals surface area contributed by atoms with E-state index in [0.717, 1.165) is 11.4 Å². The molecule has 0 saturated heterocycles. The summed E-state index contributed by atoms with van der Waals surface area (Å²) in [6.45, 7) is 8.67. The van der Waals surface area contributed by atoms with Crippen LogP contribution in [0.5, 0.6) is 5.75 Å². The lowest BCUT2D eigenvalue weighted by molar-refractivity contribution is 0.00495. The fraction of sp³-hybridized carbons (Fsp3) is 0.667. The number of ether oxygens (including phenoxy) is 5. The lowest BCUT2D eigenvalue weighted by atomic mass is 10.2. The Hall–Kier alpha value is -1.54. The summed E-state index contributed by atoms with van der Waals surface area (Å²) in [6.07, 6.45) is 0.0919. The van der Waals surface area contributed by atoms with Crippen LogP contribution in [0.3, 0.4) is 0 Å². The van der Waals surface area contributed by atoms with Crippen LogP contribution in [0, 0.1) is 0 Å². The van der Waals surface area contributed by atoms with E-state index in [1.807, 2.05) is 32.0 Å². The van der Waals surface area contributed by atoms with Gasteiger partial charge in [0.25, 0.3) is 0 Å². The normalized spacial score (nSPS) is 11.0. The van der Waals surface area contributed by atoms with Gasteiger partial charge in [-0.15, -0.1) is 0 Å². The maximum absolute atomic E-state index is 5.81. The fourth-order valence-corrected chi connectivity index (χ4v) is 1.98. The minimum absolute atomic E-state index is 0.0919. The molecule has 0 fully saturated rings. The number of hydrogen-bond acceptors (Lipinski definition) is 7. The third kappa shape index (κ3) is 10.8. The molecule has 0 aliphatic heterocycles. The molecule has 3 N–H and O–H groups in total. The van der Waals surface area contributed by atoms with Crippen molar-refractivity contribution < 1.29 is 23.7 Å². The first-order valence-electron chi connectivity index (χ1n) is 8.65. The largest absolute Gasteiger partial charge is 0.489 e. The molecule has 0 unspecified atom stereocenters. The van der Waals surface area contributed by atoms with Crippen molar-refractivity contribution in [1.29, 1.82) is 0 Å². The van der Waals surface area contributed by atoms with Crippen LogP contribution in [-0.4, -0.2) is 66.0 Å². The number of anilines is 2. The van der Waals surface area contributed by atoms with E-state index in [4.69, 9.17) is 29.4 Å². The van der Waals surface area contributed by atoms with Crippen molar-refractivity contribution >= 4 is 11.4 Å². The van der Waals surface area contributed by atoms with Crippen LogP contribution in [0.15, 0.2) is 18.2 Å². The summed E-state index contributed by atoms with van der Waals surface area (Å²) in [5.74, 6) is 0.756. The molecule has 1 rings (SSSR count). The molecule has 144 valence electrons. The highest BCUT2D eigenvalue weighted by Gasteiger charge is 2.06. The van der Waals surface area contributed by atoms with Crippen molar-refractivity contribution in [3.8, 4) is 5.75 Å². The summed E-state index contributed by atoms with van der Waals surface area (Å²) in [4.78, 5) is 0. The standard InChI is InChI=1S/C18H32N2O5/c1-15(2)25-18-14-16(19)4-5-17(18)20-6-7-22-10-11-24-13-12-23-9-8-21-3/h4-5,14-15,20H,6-13,19H2,1-3H3. The average Bonchev–Trinajstić information content (AvgIpc) is 2.57. The Morgan fingerprint density at radius 1 is 0.920 bits per heavy atom. The third-order valence-corrected chi connectivity index (χ3v) is 3.11. The Kier molecular flexibility index (Phi) is 11.8. The lowest BCUT2D eigenvalue weighted by Crippen LogP contribution is -2.15. The molecule has 0 atom stereocenters. The first-order chi connectivity index (χ1) is 12.1. The fourth-order valence-electron chi connectivity index (χ4n) is 1.98. The maximum Gasteiger partial charge on any atom is 0.144 e. The Labute approximate surface area is 150 Å². The van der Waals surface area contributed by atoms with Gasteiger partial charge in [0.05, 0.1) is 58.0 Å². The van der Waals surface area contributed by atoms with Gasteiger partial charge >= 0.3 is 0 Å². The van der Waals surface area contributed by atoms with Gasteiger partial charge in [-0.2, -0.15) is 0 Å². The Morgan fingerprint density at radius 2 is 1.52 bits per heavy atom. The Bertz CT molecular complexity index is 457. The van der Waals surface area contributed by atoms with Gasteiger partial charge in [0.1, 0.15) is 5.75 Å². The van der Waals surface area contributed by atoms with Crippen LogP contribution in [-0.2, 0) is 18.9 Å². The Morgan fingerprint density at radius 3 is 2.12 bits per heavy atom. The van der Waals surface area contributed by atoms with E-state index in [1.54, 1.807) is 7.11 Å². The molecule has 0 heterocycles. The molecule has 7 nitrogen and oxygen atoms in total. The summed E-state index contributed by atoms with van der Waals surface area (Å²) in [5.41, 5.74) is 7.40. The minimum Gasteiger partial charge on any atom is -0.489 e. The second kappa shape index (κ2) is 13.7. The van der Waals surface area contributed by atoms with Gasteiger partial charge in [0.15, 0.2) is 0 Å². The molecule has 1 aromatic rings. The highest BCUT2D eigenvalue weighted by molar-refractivity contribution is 5.62. The number of methoxy groups -OCH3 is 1. The molecule has 1 aromatic carbocycles. The quantitative estimate of drug-likeness (QED) is 0.368. The third-order valence-electron chi connectivity index (χ3n) is 3.11. The first-order valence-corrected chi connectivity index (χ1v) is 8.65. The zero-order valence-corrected chi connectivity index (χ0v) is 15.6. The summed E-state index contributed by atoms with van der Waals surface area (Å²) in [7, 11) is 1.65. The van der Waals surface area contributed by atoms with Crippen molar-refractivity contribution in [2.75, 3.05) is 71.0 Å². The van der Waals surface area contributed by atoms with Crippen LogP contribution in [0.25, 0.3) is 0 Å². The number of nitrogen functional groups attached to an aromatic ring is 1. The minimum atomic E-state index is 0.0919. The van der Waals surface area contributed by atoms with Crippen LogP contribution in [0.4, 0.5) is 11.4 Å². The monoisotopic (exact) mass is 356 g/mol. The summed E-state index contributed by atoms with van der Waals surface area (Å²) >= 11 is 0. The molecule has 0 aromatic heterocycles. The topological polar surface area (TPSA) is 84.2 Å². The van der Waals surface area contributed by atoms with E-state index >= 15 is 0 Å². The summed E-state index contributed by atoms with van der Waals surface area (Å²) < 4.78 is 26.9. The first kappa shape index (κ1) is 21.5. The van der Waals surface area contributed by atoms with Crippen LogP contribution < -0.4 is 15.8 Å². The predicted molar refractivity (Wildman–Crippen MR) is 99.4 cm³/mol. The molecular formula is C18H32N2O5. The van der Waals surface area contributed by atoms with E-state index in [-0.39, 0.29) is 6.10 Å². The molecule has 0 aliphatic carbocycles. The van der Waals surface area contributed by atoms with Crippen LogP contribution >= 0.6 is 0 Å². The Balaban J connectivity index is 2.06. The van der Waals surface area contributed by atoms with Crippen molar-refractivity contribution in [2.45, 2.75) is 20.0 Å².